The summed E-state index contributed by atoms with van der Waals surface area (Å²) in [5.41, 5.74) is 1.44. The molecule has 0 spiro atoms. The third-order valence-corrected chi connectivity index (χ3v) is 6.82. The van der Waals surface area contributed by atoms with E-state index >= 15 is 0 Å². The van der Waals surface area contributed by atoms with Crippen LogP contribution >= 0.6 is 11.3 Å². The highest BCUT2D eigenvalue weighted by Crippen LogP contribution is 2.39. The van der Waals surface area contributed by atoms with E-state index in [0.717, 1.165) is 28.2 Å². The highest BCUT2D eigenvalue weighted by Gasteiger charge is 2.40. The number of hydrogen-bond donors (Lipinski definition) is 1. The van der Waals surface area contributed by atoms with Crippen molar-refractivity contribution in [3.8, 4) is 11.6 Å². The number of alkyl halides is 2. The minimum absolute atomic E-state index is 0.0308. The minimum Gasteiger partial charge on any atom is -0.429 e. The van der Waals surface area contributed by atoms with Gasteiger partial charge < -0.3 is 14.3 Å². The van der Waals surface area contributed by atoms with Crippen molar-refractivity contribution in [2.75, 3.05) is 6.54 Å². The molecule has 0 saturated heterocycles. The smallest absolute Gasteiger partial charge is 0.292 e. The van der Waals surface area contributed by atoms with E-state index in [1.807, 2.05) is 24.3 Å². The van der Waals surface area contributed by atoms with Crippen molar-refractivity contribution in [2.24, 2.45) is 0 Å². The van der Waals surface area contributed by atoms with E-state index in [1.165, 1.54) is 28.6 Å². The molecule has 5 aromatic rings. The Hall–Kier alpha value is -4.06. The first-order chi connectivity index (χ1) is 17.0. The summed E-state index contributed by atoms with van der Waals surface area (Å²) in [6, 6.07) is 9.19. The van der Waals surface area contributed by atoms with Gasteiger partial charge >= 0.3 is 0 Å². The average Bonchev–Trinajstić information content (AvgIpc) is 3.61. The van der Waals surface area contributed by atoms with E-state index in [9.17, 15) is 18.0 Å². The Bertz CT molecular complexity index is 1510. The number of hydrogen-bond acceptors (Lipinski definition) is 7. The number of halogens is 3. The number of fused-ring (bicyclic) bond motifs is 2. The maximum Gasteiger partial charge on any atom is 0.292 e. The Morgan fingerprint density at radius 1 is 1.17 bits per heavy atom. The fourth-order valence-corrected chi connectivity index (χ4v) is 5.21. The number of nitrogens with zero attached hydrogens (tertiary/aromatic N) is 5. The van der Waals surface area contributed by atoms with Gasteiger partial charge in [0, 0.05) is 18.7 Å². The molecule has 1 aliphatic heterocycles. The number of oxazole rings is 1. The quantitative estimate of drug-likeness (QED) is 0.379. The van der Waals surface area contributed by atoms with Crippen LogP contribution in [0.2, 0.25) is 0 Å². The van der Waals surface area contributed by atoms with Crippen molar-refractivity contribution in [1.82, 2.24) is 29.8 Å². The molecule has 1 aromatic carbocycles. The fourth-order valence-electron chi connectivity index (χ4n) is 4.13. The molecule has 0 radical (unpaired) electrons. The third kappa shape index (κ3) is 3.66. The first-order valence-corrected chi connectivity index (χ1v) is 11.4. The first kappa shape index (κ1) is 21.5. The van der Waals surface area contributed by atoms with Crippen LogP contribution in [0, 0.1) is 5.82 Å². The van der Waals surface area contributed by atoms with Gasteiger partial charge in [-0.25, -0.2) is 33.1 Å². The van der Waals surface area contributed by atoms with Crippen LogP contribution in [0.5, 0.6) is 0 Å². The fraction of sp³-hybridized carbons (Fsp3) is 0.174. The number of benzene rings is 1. The van der Waals surface area contributed by atoms with Gasteiger partial charge in [0.15, 0.2) is 5.69 Å². The molecule has 5 heterocycles. The highest BCUT2D eigenvalue weighted by molar-refractivity contribution is 7.18. The van der Waals surface area contributed by atoms with Gasteiger partial charge in [0.25, 0.3) is 12.3 Å². The molecule has 0 aliphatic carbocycles. The molecule has 0 unspecified atom stereocenters. The number of aromatic amines is 1. The van der Waals surface area contributed by atoms with Gasteiger partial charge in [-0.3, -0.25) is 4.79 Å². The molecule has 12 heteroatoms. The van der Waals surface area contributed by atoms with Crippen LogP contribution < -0.4 is 0 Å². The Kier molecular flexibility index (Phi) is 5.10. The van der Waals surface area contributed by atoms with Crippen molar-refractivity contribution < 1.29 is 22.4 Å². The molecule has 1 amide bonds. The molecule has 0 saturated carbocycles. The van der Waals surface area contributed by atoms with Gasteiger partial charge in [-0.2, -0.15) is 0 Å². The largest absolute Gasteiger partial charge is 0.429 e. The van der Waals surface area contributed by atoms with Crippen molar-refractivity contribution in [1.29, 1.82) is 0 Å². The summed E-state index contributed by atoms with van der Waals surface area (Å²) >= 11 is 1.40. The zero-order valence-electron chi connectivity index (χ0n) is 17.8. The third-order valence-electron chi connectivity index (χ3n) is 5.73. The Morgan fingerprint density at radius 2 is 2.03 bits per heavy atom. The lowest BCUT2D eigenvalue weighted by atomic mass is 10.0. The zero-order valence-corrected chi connectivity index (χ0v) is 18.6. The molecule has 176 valence electrons. The Labute approximate surface area is 199 Å². The van der Waals surface area contributed by atoms with E-state index in [0.29, 0.717) is 17.1 Å². The first-order valence-electron chi connectivity index (χ1n) is 10.6. The van der Waals surface area contributed by atoms with Crippen molar-refractivity contribution in [3.05, 3.63) is 82.6 Å². The standard InChI is InChI=1S/C23H15F3N6O2S/c24-11-5-6-14(27-9-11)21-31-17(20(25)26)19(34-21)23(33)32-8-7-13-16(29-10-28-13)18(32)22-30-12-3-1-2-4-15(12)35-22/h1-6,9-10,18,20H,7-8H2,(H,28,29)/t18-/m0/s1. The topological polar surface area (TPSA) is 101 Å². The summed E-state index contributed by atoms with van der Waals surface area (Å²) in [7, 11) is 0. The maximum atomic E-state index is 13.9. The van der Waals surface area contributed by atoms with Gasteiger partial charge in [-0.15, -0.1) is 11.3 Å². The minimum atomic E-state index is -3.07. The predicted octanol–water partition coefficient (Wildman–Crippen LogP) is 4.93. The van der Waals surface area contributed by atoms with Crippen molar-refractivity contribution in [3.63, 3.8) is 0 Å². The maximum absolute atomic E-state index is 13.9. The van der Waals surface area contributed by atoms with E-state index < -0.39 is 35.6 Å². The van der Waals surface area contributed by atoms with Gasteiger partial charge in [0.1, 0.15) is 22.6 Å². The number of H-pyrrole nitrogens is 1. The van der Waals surface area contributed by atoms with Gasteiger partial charge in [0.2, 0.25) is 11.7 Å². The lowest BCUT2D eigenvalue weighted by molar-refractivity contribution is 0.0643. The second kappa shape index (κ2) is 8.31. The summed E-state index contributed by atoms with van der Waals surface area (Å²) in [5, 5.41) is 0.603. The summed E-state index contributed by atoms with van der Waals surface area (Å²) in [5.74, 6) is -2.25. The van der Waals surface area contributed by atoms with Crippen LogP contribution in [-0.2, 0) is 6.42 Å². The molecule has 8 nitrogen and oxygen atoms in total. The zero-order chi connectivity index (χ0) is 24.1. The number of imidazole rings is 1. The van der Waals surface area contributed by atoms with Crippen molar-refractivity contribution in [2.45, 2.75) is 18.9 Å². The second-order valence-electron chi connectivity index (χ2n) is 7.83. The van der Waals surface area contributed by atoms with Gasteiger partial charge in [0.05, 0.1) is 28.4 Å². The molecule has 35 heavy (non-hydrogen) atoms. The molecule has 4 aromatic heterocycles. The number of amides is 1. The van der Waals surface area contributed by atoms with E-state index in [-0.39, 0.29) is 18.1 Å². The van der Waals surface area contributed by atoms with Crippen LogP contribution in [0.3, 0.4) is 0 Å². The van der Waals surface area contributed by atoms with Gasteiger partial charge in [-0.05, 0) is 24.3 Å². The number of nitrogens with one attached hydrogen (secondary N) is 1. The highest BCUT2D eigenvalue weighted by atomic mass is 32.1. The number of carbonyl (C=O) groups is 1. The van der Waals surface area contributed by atoms with Crippen LogP contribution in [-0.4, -0.2) is 42.3 Å². The predicted molar refractivity (Wildman–Crippen MR) is 119 cm³/mol. The number of para-hydroxylation sites is 1. The molecular weight excluding hydrogens is 481 g/mol. The van der Waals surface area contributed by atoms with E-state index in [4.69, 9.17) is 9.40 Å². The molecule has 0 bridgehead atoms. The molecule has 6 rings (SSSR count). The number of thiazole rings is 1. The normalized spacial score (nSPS) is 15.7. The molecule has 1 aliphatic rings. The number of carbonyl (C=O) groups excluding carboxylic acids is 1. The van der Waals surface area contributed by atoms with Crippen LogP contribution in [0.4, 0.5) is 13.2 Å². The van der Waals surface area contributed by atoms with Crippen LogP contribution in [0.15, 0.2) is 53.3 Å². The summed E-state index contributed by atoms with van der Waals surface area (Å²) in [6.07, 6.45) is -0.169. The van der Waals surface area contributed by atoms with Crippen LogP contribution in [0.25, 0.3) is 21.8 Å². The number of pyridine rings is 1. The average molecular weight is 496 g/mol. The number of rotatable bonds is 4. The monoisotopic (exact) mass is 496 g/mol. The summed E-state index contributed by atoms with van der Waals surface area (Å²) < 4.78 is 47.5. The molecule has 1 N–H and O–H groups in total. The van der Waals surface area contributed by atoms with Crippen LogP contribution in [0.1, 0.15) is 45.1 Å². The second-order valence-corrected chi connectivity index (χ2v) is 8.90. The molecular formula is C23H15F3N6O2S. The van der Waals surface area contributed by atoms with Crippen molar-refractivity contribution >= 4 is 27.5 Å². The molecule has 0 fully saturated rings. The summed E-state index contributed by atoms with van der Waals surface area (Å²) in [6.45, 7) is 0.224. The molecule has 1 atom stereocenters. The Balaban J connectivity index is 1.44. The van der Waals surface area contributed by atoms with E-state index in [2.05, 4.69) is 19.9 Å². The van der Waals surface area contributed by atoms with E-state index in [1.54, 1.807) is 0 Å². The lowest BCUT2D eigenvalue weighted by Gasteiger charge is -2.33. The lowest BCUT2D eigenvalue weighted by Crippen LogP contribution is -2.41. The Morgan fingerprint density at radius 3 is 2.80 bits per heavy atom. The summed E-state index contributed by atoms with van der Waals surface area (Å²) in [4.78, 5) is 34.9. The number of aromatic nitrogens is 5. The SMILES string of the molecule is O=C(c1oc(-c2ccc(F)cn2)nc1C(F)F)N1CCc2[nH]cnc2[C@H]1c1nc2ccccc2s1. The van der Waals surface area contributed by atoms with Gasteiger partial charge in [-0.1, -0.05) is 12.1 Å².